The van der Waals surface area contributed by atoms with Gasteiger partial charge in [-0.05, 0) is 49.8 Å². The van der Waals surface area contributed by atoms with Gasteiger partial charge < -0.3 is 18.8 Å². The number of nitrogens with one attached hydrogen (secondary N) is 1. The molecule has 0 unspecified atom stereocenters. The molecular weight excluding hydrogens is 384 g/mol. The van der Waals surface area contributed by atoms with E-state index in [0.717, 1.165) is 63.5 Å². The van der Waals surface area contributed by atoms with Crippen molar-refractivity contribution in [2.24, 2.45) is 5.92 Å². The second-order valence-electron chi connectivity index (χ2n) is 7.91. The van der Waals surface area contributed by atoms with Crippen LogP contribution in [0, 0.1) is 17.2 Å². The van der Waals surface area contributed by atoms with Gasteiger partial charge in [-0.25, -0.2) is 9.78 Å². The number of aromatic nitrogens is 1. The lowest BCUT2D eigenvalue weighted by molar-refractivity contribution is 0.0845. The molecule has 158 valence electrons. The van der Waals surface area contributed by atoms with E-state index in [1.54, 1.807) is 0 Å². The third-order valence-corrected chi connectivity index (χ3v) is 5.74. The van der Waals surface area contributed by atoms with Gasteiger partial charge >= 0.3 is 6.09 Å². The van der Waals surface area contributed by atoms with Crippen molar-refractivity contribution in [3.8, 4) is 12.0 Å². The molecule has 8 nitrogen and oxygen atoms in total. The lowest BCUT2D eigenvalue weighted by Gasteiger charge is -2.33. The van der Waals surface area contributed by atoms with Gasteiger partial charge in [0.1, 0.15) is 6.07 Å². The molecule has 4 rings (SSSR count). The van der Waals surface area contributed by atoms with Gasteiger partial charge in [0.2, 0.25) is 5.76 Å². The monoisotopic (exact) mass is 410 g/mol. The number of amides is 1. The number of ether oxygens (including phenoxy) is 2. The highest BCUT2D eigenvalue weighted by Crippen LogP contribution is 2.33. The summed E-state index contributed by atoms with van der Waals surface area (Å²) in [7, 11) is 0. The summed E-state index contributed by atoms with van der Waals surface area (Å²) in [5.74, 6) is 1.90. The zero-order chi connectivity index (χ0) is 20.9. The Bertz CT molecular complexity index is 921. The van der Waals surface area contributed by atoms with E-state index in [1.807, 2.05) is 18.2 Å². The number of nitrogens with zero attached hydrogens (tertiary/aromatic N) is 3. The predicted octanol–water partition coefficient (Wildman–Crippen LogP) is 4.29. The Labute approximate surface area is 175 Å². The molecule has 0 saturated carbocycles. The van der Waals surface area contributed by atoms with Crippen molar-refractivity contribution in [2.45, 2.75) is 38.5 Å². The third kappa shape index (κ3) is 4.74. The number of furan rings is 1. The first-order chi connectivity index (χ1) is 14.6. The fourth-order valence-corrected chi connectivity index (χ4v) is 3.90. The highest BCUT2D eigenvalue weighted by atomic mass is 16.6. The van der Waals surface area contributed by atoms with Crippen molar-refractivity contribution < 1.29 is 18.7 Å². The van der Waals surface area contributed by atoms with Crippen LogP contribution in [0.1, 0.15) is 50.0 Å². The first-order valence-corrected chi connectivity index (χ1v) is 10.4. The zero-order valence-electron chi connectivity index (χ0n) is 17.1. The second kappa shape index (κ2) is 9.18. The summed E-state index contributed by atoms with van der Waals surface area (Å²) in [4.78, 5) is 19.6. The molecule has 2 aromatic heterocycles. The van der Waals surface area contributed by atoms with Crippen LogP contribution in [0.3, 0.4) is 0 Å². The fraction of sp³-hybridized carbons (Fsp3) is 0.500. The molecule has 0 radical (unpaired) electrons. The summed E-state index contributed by atoms with van der Waals surface area (Å²) in [6, 6.07) is 8.63. The molecule has 0 atom stereocenters. The van der Waals surface area contributed by atoms with Crippen LogP contribution in [-0.2, 0) is 4.74 Å². The average molecular weight is 410 g/mol. The highest BCUT2D eigenvalue weighted by Gasteiger charge is 2.24. The number of rotatable bonds is 4. The van der Waals surface area contributed by atoms with Crippen molar-refractivity contribution in [3.05, 3.63) is 35.7 Å². The maximum atomic E-state index is 12.4. The SMILES string of the molecule is CC1CCN(c2nc(C3CCOCC3)ccc2NC(=O)Oc2ccc(C#N)o2)CC1. The van der Waals surface area contributed by atoms with E-state index in [-0.39, 0.29) is 11.7 Å². The van der Waals surface area contributed by atoms with Crippen LogP contribution in [0.25, 0.3) is 0 Å². The molecule has 0 spiro atoms. The van der Waals surface area contributed by atoms with Crippen molar-refractivity contribution in [1.82, 2.24) is 4.98 Å². The predicted molar refractivity (Wildman–Crippen MR) is 111 cm³/mol. The van der Waals surface area contributed by atoms with E-state index in [2.05, 4.69) is 17.1 Å². The molecule has 2 aliphatic rings. The summed E-state index contributed by atoms with van der Waals surface area (Å²) >= 11 is 0. The van der Waals surface area contributed by atoms with Crippen molar-refractivity contribution >= 4 is 17.6 Å². The highest BCUT2D eigenvalue weighted by molar-refractivity contribution is 5.89. The molecule has 0 aliphatic carbocycles. The normalized spacial score (nSPS) is 18.1. The minimum absolute atomic E-state index is 0.0239. The Hall–Kier alpha value is -3.05. The maximum Gasteiger partial charge on any atom is 0.419 e. The molecule has 4 heterocycles. The quantitative estimate of drug-likeness (QED) is 0.802. The van der Waals surface area contributed by atoms with Crippen LogP contribution in [0.15, 0.2) is 28.7 Å². The first-order valence-electron chi connectivity index (χ1n) is 10.4. The van der Waals surface area contributed by atoms with E-state index < -0.39 is 6.09 Å². The van der Waals surface area contributed by atoms with Crippen molar-refractivity contribution in [1.29, 1.82) is 5.26 Å². The number of hydrogen-bond donors (Lipinski definition) is 1. The van der Waals surface area contributed by atoms with Gasteiger partial charge in [0.05, 0.1) is 5.69 Å². The number of anilines is 2. The van der Waals surface area contributed by atoms with E-state index in [9.17, 15) is 4.79 Å². The Kier molecular flexibility index (Phi) is 6.19. The van der Waals surface area contributed by atoms with E-state index in [0.29, 0.717) is 17.5 Å². The second-order valence-corrected chi connectivity index (χ2v) is 7.91. The lowest BCUT2D eigenvalue weighted by atomic mass is 9.95. The minimum atomic E-state index is -0.680. The molecule has 2 fully saturated rings. The van der Waals surface area contributed by atoms with Gasteiger partial charge in [-0.3, -0.25) is 5.32 Å². The Balaban J connectivity index is 1.54. The molecular formula is C22H26N4O4. The molecule has 0 bridgehead atoms. The van der Waals surface area contributed by atoms with Gasteiger partial charge in [-0.1, -0.05) is 6.92 Å². The fourth-order valence-electron chi connectivity index (χ4n) is 3.90. The zero-order valence-corrected chi connectivity index (χ0v) is 17.1. The number of piperidine rings is 1. The van der Waals surface area contributed by atoms with Gasteiger partial charge in [-0.15, -0.1) is 0 Å². The van der Waals surface area contributed by atoms with Crippen LogP contribution in [0.5, 0.6) is 5.95 Å². The summed E-state index contributed by atoms with van der Waals surface area (Å²) in [6.07, 6.45) is 3.42. The number of carbonyl (C=O) groups is 1. The largest absolute Gasteiger partial charge is 0.419 e. The molecule has 2 saturated heterocycles. The molecule has 2 aliphatic heterocycles. The van der Waals surface area contributed by atoms with Crippen molar-refractivity contribution in [3.63, 3.8) is 0 Å². The van der Waals surface area contributed by atoms with Crippen LogP contribution in [-0.4, -0.2) is 37.4 Å². The summed E-state index contributed by atoms with van der Waals surface area (Å²) in [6.45, 7) is 5.57. The molecule has 30 heavy (non-hydrogen) atoms. The van der Waals surface area contributed by atoms with Gasteiger partial charge in [0, 0.05) is 44.0 Å². The van der Waals surface area contributed by atoms with Crippen LogP contribution in [0.2, 0.25) is 0 Å². The lowest BCUT2D eigenvalue weighted by Crippen LogP contribution is -2.34. The number of hydrogen-bond acceptors (Lipinski definition) is 7. The van der Waals surface area contributed by atoms with Crippen LogP contribution >= 0.6 is 0 Å². The Morgan fingerprint density at radius 3 is 2.67 bits per heavy atom. The maximum absolute atomic E-state index is 12.4. The first kappa shape index (κ1) is 20.2. The van der Waals surface area contributed by atoms with Gasteiger partial charge in [0.15, 0.2) is 5.82 Å². The smallest absolute Gasteiger partial charge is 0.414 e. The number of nitriles is 1. The van der Waals surface area contributed by atoms with Crippen LogP contribution in [0.4, 0.5) is 16.3 Å². The van der Waals surface area contributed by atoms with Crippen molar-refractivity contribution in [2.75, 3.05) is 36.5 Å². The number of pyridine rings is 1. The minimum Gasteiger partial charge on any atom is -0.414 e. The Morgan fingerprint density at radius 2 is 1.97 bits per heavy atom. The third-order valence-electron chi connectivity index (χ3n) is 5.74. The van der Waals surface area contributed by atoms with E-state index in [1.165, 1.54) is 12.1 Å². The molecule has 1 N–H and O–H groups in total. The summed E-state index contributed by atoms with van der Waals surface area (Å²) in [5.41, 5.74) is 1.65. The van der Waals surface area contributed by atoms with Gasteiger partial charge in [-0.2, -0.15) is 5.26 Å². The molecule has 8 heteroatoms. The Morgan fingerprint density at radius 1 is 1.20 bits per heavy atom. The standard InChI is InChI=1S/C22H26N4O4/c1-15-6-10-26(11-7-15)21-19(4-3-18(24-21)16-8-12-28-13-9-16)25-22(27)30-20-5-2-17(14-23)29-20/h2-5,15-16H,6-13H2,1H3,(H,25,27). The number of carbonyl (C=O) groups excluding carboxylic acids is 1. The molecule has 2 aromatic rings. The van der Waals surface area contributed by atoms with E-state index in [4.69, 9.17) is 24.1 Å². The average Bonchev–Trinajstić information content (AvgIpc) is 3.22. The van der Waals surface area contributed by atoms with E-state index >= 15 is 0 Å². The molecule has 1 amide bonds. The van der Waals surface area contributed by atoms with Gasteiger partial charge in [0.25, 0.3) is 5.95 Å². The topological polar surface area (TPSA) is 101 Å². The summed E-state index contributed by atoms with van der Waals surface area (Å²) in [5, 5.41) is 11.6. The van der Waals surface area contributed by atoms with Crippen LogP contribution < -0.4 is 15.0 Å². The summed E-state index contributed by atoms with van der Waals surface area (Å²) < 4.78 is 15.8. The molecule has 0 aromatic carbocycles.